The molecule has 1 rings (SSSR count). The lowest BCUT2D eigenvalue weighted by atomic mass is 10.2. The number of nitrogens with one attached hydrogen (secondary N) is 1. The summed E-state index contributed by atoms with van der Waals surface area (Å²) in [4.78, 5) is 0. The van der Waals surface area contributed by atoms with Crippen LogP contribution in [0, 0.1) is 12.9 Å². The Morgan fingerprint density at radius 2 is 2.14 bits per heavy atom. The zero-order valence-corrected chi connectivity index (χ0v) is 9.10. The second-order valence-electron chi connectivity index (χ2n) is 3.35. The van der Waals surface area contributed by atoms with Gasteiger partial charge in [-0.1, -0.05) is 6.92 Å². The average Bonchev–Trinajstić information content (AvgIpc) is 2.45. The van der Waals surface area contributed by atoms with Crippen molar-refractivity contribution in [1.29, 1.82) is 0 Å². The van der Waals surface area contributed by atoms with E-state index in [0.717, 1.165) is 18.7 Å². The molecule has 3 nitrogen and oxygen atoms in total. The van der Waals surface area contributed by atoms with Gasteiger partial charge in [-0.2, -0.15) is 9.49 Å². The Hall–Kier alpha value is -0.900. The zero-order chi connectivity index (χ0) is 10.6. The van der Waals surface area contributed by atoms with Crippen LogP contribution in [-0.2, 0) is 13.1 Å². The van der Waals surface area contributed by atoms with Crippen LogP contribution in [-0.4, -0.2) is 16.3 Å². The molecule has 0 radical (unpaired) electrons. The summed E-state index contributed by atoms with van der Waals surface area (Å²) in [6.45, 7) is 7.89. The highest BCUT2D eigenvalue weighted by molar-refractivity contribution is 5.17. The molecule has 0 bridgehead atoms. The van der Waals surface area contributed by atoms with Crippen LogP contribution in [0.3, 0.4) is 0 Å². The number of nitrogens with zero attached hydrogens (tertiary/aromatic N) is 2. The van der Waals surface area contributed by atoms with Gasteiger partial charge in [0, 0.05) is 18.7 Å². The lowest BCUT2D eigenvalue weighted by Crippen LogP contribution is -2.15. The number of aromatic nitrogens is 2. The quantitative estimate of drug-likeness (QED) is 0.733. The average molecular weight is 199 g/mol. The summed E-state index contributed by atoms with van der Waals surface area (Å²) in [6.07, 6.45) is 1.06. The fourth-order valence-corrected chi connectivity index (χ4v) is 1.39. The largest absolute Gasteiger partial charge is 0.312 e. The minimum Gasteiger partial charge on any atom is -0.312 e. The van der Waals surface area contributed by atoms with Gasteiger partial charge in [-0.05, 0) is 26.8 Å². The number of halogens is 1. The first kappa shape index (κ1) is 11.2. The van der Waals surface area contributed by atoms with Crippen LogP contribution in [0.2, 0.25) is 0 Å². The third-order valence-corrected chi connectivity index (χ3v) is 2.21. The number of hydrogen-bond donors (Lipinski definition) is 1. The van der Waals surface area contributed by atoms with Crippen LogP contribution in [0.15, 0.2) is 0 Å². The van der Waals surface area contributed by atoms with Crippen molar-refractivity contribution in [2.45, 2.75) is 40.3 Å². The second-order valence-corrected chi connectivity index (χ2v) is 3.35. The maximum Gasteiger partial charge on any atom is 0.216 e. The molecule has 80 valence electrons. The minimum atomic E-state index is -0.200. The molecule has 0 amide bonds. The van der Waals surface area contributed by atoms with E-state index in [-0.39, 0.29) is 5.95 Å². The van der Waals surface area contributed by atoms with Gasteiger partial charge in [0.05, 0.1) is 5.69 Å². The first-order valence-corrected chi connectivity index (χ1v) is 5.13. The standard InChI is InChI=1S/C10H18FN3/c1-4-6-12-7-9-8(3)13-14(5-2)10(9)11/h12H,4-7H2,1-3H3. The van der Waals surface area contributed by atoms with Crippen LogP contribution >= 0.6 is 0 Å². The van der Waals surface area contributed by atoms with Crippen molar-refractivity contribution in [3.05, 3.63) is 17.2 Å². The number of aryl methyl sites for hydroxylation is 2. The molecule has 0 fully saturated rings. The van der Waals surface area contributed by atoms with Crippen molar-refractivity contribution in [1.82, 2.24) is 15.1 Å². The van der Waals surface area contributed by atoms with Crippen LogP contribution in [0.4, 0.5) is 4.39 Å². The van der Waals surface area contributed by atoms with Crippen molar-refractivity contribution in [2.75, 3.05) is 6.54 Å². The van der Waals surface area contributed by atoms with E-state index in [4.69, 9.17) is 0 Å². The van der Waals surface area contributed by atoms with Gasteiger partial charge in [0.25, 0.3) is 0 Å². The summed E-state index contributed by atoms with van der Waals surface area (Å²) in [5, 5.41) is 7.29. The smallest absolute Gasteiger partial charge is 0.216 e. The Kier molecular flexibility index (Phi) is 4.07. The summed E-state index contributed by atoms with van der Waals surface area (Å²) in [5.41, 5.74) is 1.48. The Bertz CT molecular complexity index is 294. The Balaban J connectivity index is 2.70. The molecule has 4 heteroatoms. The molecule has 1 heterocycles. The van der Waals surface area contributed by atoms with Crippen LogP contribution in [0.25, 0.3) is 0 Å². The van der Waals surface area contributed by atoms with Gasteiger partial charge in [-0.15, -0.1) is 0 Å². The van der Waals surface area contributed by atoms with Crippen molar-refractivity contribution in [2.24, 2.45) is 0 Å². The fraction of sp³-hybridized carbons (Fsp3) is 0.700. The van der Waals surface area contributed by atoms with Gasteiger partial charge >= 0.3 is 0 Å². The molecule has 0 aromatic carbocycles. The summed E-state index contributed by atoms with van der Waals surface area (Å²) >= 11 is 0. The van der Waals surface area contributed by atoms with E-state index >= 15 is 0 Å². The summed E-state index contributed by atoms with van der Waals surface area (Å²) in [6, 6.07) is 0. The monoisotopic (exact) mass is 199 g/mol. The van der Waals surface area contributed by atoms with Crippen molar-refractivity contribution in [3.8, 4) is 0 Å². The molecule has 0 saturated carbocycles. The molecule has 1 N–H and O–H groups in total. The maximum atomic E-state index is 13.6. The number of rotatable bonds is 5. The van der Waals surface area contributed by atoms with Gasteiger partial charge in [0.1, 0.15) is 0 Å². The number of hydrogen-bond acceptors (Lipinski definition) is 2. The Morgan fingerprint density at radius 1 is 1.43 bits per heavy atom. The van der Waals surface area contributed by atoms with Gasteiger partial charge in [-0.25, -0.2) is 4.68 Å². The highest BCUT2D eigenvalue weighted by atomic mass is 19.1. The van der Waals surface area contributed by atoms with Crippen LogP contribution in [0.1, 0.15) is 31.5 Å². The molecule has 0 aliphatic rings. The highest BCUT2D eigenvalue weighted by Gasteiger charge is 2.12. The topological polar surface area (TPSA) is 29.9 Å². The van der Waals surface area contributed by atoms with Crippen molar-refractivity contribution < 1.29 is 4.39 Å². The van der Waals surface area contributed by atoms with Crippen molar-refractivity contribution in [3.63, 3.8) is 0 Å². The van der Waals surface area contributed by atoms with E-state index in [0.29, 0.717) is 18.7 Å². The van der Waals surface area contributed by atoms with Gasteiger partial charge in [0.2, 0.25) is 5.95 Å². The zero-order valence-electron chi connectivity index (χ0n) is 9.10. The molecular weight excluding hydrogens is 181 g/mol. The Morgan fingerprint density at radius 3 is 2.64 bits per heavy atom. The van der Waals surface area contributed by atoms with Crippen molar-refractivity contribution >= 4 is 0 Å². The van der Waals surface area contributed by atoms with Gasteiger partial charge < -0.3 is 5.32 Å². The second kappa shape index (κ2) is 5.10. The molecule has 0 spiro atoms. The molecule has 14 heavy (non-hydrogen) atoms. The molecular formula is C10H18FN3. The van der Waals surface area contributed by atoms with E-state index < -0.39 is 0 Å². The van der Waals surface area contributed by atoms with E-state index in [1.165, 1.54) is 4.68 Å². The first-order chi connectivity index (χ1) is 6.70. The molecule has 1 aromatic rings. The minimum absolute atomic E-state index is 0.200. The molecule has 0 aliphatic heterocycles. The highest BCUT2D eigenvalue weighted by Crippen LogP contribution is 2.11. The first-order valence-electron chi connectivity index (χ1n) is 5.13. The summed E-state index contributed by atoms with van der Waals surface area (Å²) in [7, 11) is 0. The molecule has 0 aliphatic carbocycles. The fourth-order valence-electron chi connectivity index (χ4n) is 1.39. The molecule has 0 atom stereocenters. The predicted octanol–water partition coefficient (Wildman–Crippen LogP) is 1.85. The predicted molar refractivity (Wildman–Crippen MR) is 54.6 cm³/mol. The Labute approximate surface area is 84.3 Å². The van der Waals surface area contributed by atoms with Crippen LogP contribution in [0.5, 0.6) is 0 Å². The lowest BCUT2D eigenvalue weighted by Gasteiger charge is -2.01. The normalized spacial score (nSPS) is 10.9. The third-order valence-electron chi connectivity index (χ3n) is 2.21. The van der Waals surface area contributed by atoms with E-state index in [1.807, 2.05) is 13.8 Å². The van der Waals surface area contributed by atoms with Gasteiger partial charge in [-0.3, -0.25) is 0 Å². The third kappa shape index (κ3) is 2.32. The summed E-state index contributed by atoms with van der Waals surface area (Å²) in [5.74, 6) is -0.200. The molecule has 1 aromatic heterocycles. The SMILES string of the molecule is CCCNCc1c(C)nn(CC)c1F. The van der Waals surface area contributed by atoms with Gasteiger partial charge in [0.15, 0.2) is 0 Å². The lowest BCUT2D eigenvalue weighted by molar-refractivity contribution is 0.460. The molecule has 0 unspecified atom stereocenters. The summed E-state index contributed by atoms with van der Waals surface area (Å²) < 4.78 is 15.0. The van der Waals surface area contributed by atoms with E-state index in [9.17, 15) is 4.39 Å². The molecule has 0 saturated heterocycles. The van der Waals surface area contributed by atoms with Crippen LogP contribution < -0.4 is 5.32 Å². The van der Waals surface area contributed by atoms with E-state index in [2.05, 4.69) is 17.3 Å². The maximum absolute atomic E-state index is 13.6. The van der Waals surface area contributed by atoms with E-state index in [1.54, 1.807) is 0 Å².